The third-order valence-electron chi connectivity index (χ3n) is 3.89. The summed E-state index contributed by atoms with van der Waals surface area (Å²) in [6.45, 7) is 2.37. The maximum atomic E-state index is 12.1. The molecule has 0 atom stereocenters. The largest absolute Gasteiger partial charge is 0.461 e. The van der Waals surface area contributed by atoms with Gasteiger partial charge in [0.15, 0.2) is 11.5 Å². The molecule has 0 bridgehead atoms. The van der Waals surface area contributed by atoms with E-state index in [0.717, 1.165) is 12.0 Å². The fraction of sp³-hybridized carbons (Fsp3) is 0.312. The van der Waals surface area contributed by atoms with Gasteiger partial charge in [-0.15, -0.1) is 0 Å². The fourth-order valence-electron chi connectivity index (χ4n) is 2.69. The van der Waals surface area contributed by atoms with E-state index in [0.29, 0.717) is 37.8 Å². The van der Waals surface area contributed by atoms with Crippen molar-refractivity contribution in [1.29, 1.82) is 0 Å². The molecule has 0 spiro atoms. The lowest BCUT2D eigenvalue weighted by atomic mass is 10.2. The van der Waals surface area contributed by atoms with Gasteiger partial charge in [0.1, 0.15) is 0 Å². The van der Waals surface area contributed by atoms with Gasteiger partial charge in [0.25, 0.3) is 5.91 Å². The zero-order chi connectivity index (χ0) is 16.4. The van der Waals surface area contributed by atoms with Crippen molar-refractivity contribution in [2.75, 3.05) is 13.2 Å². The molecule has 3 aromatic rings. The van der Waals surface area contributed by atoms with E-state index >= 15 is 0 Å². The van der Waals surface area contributed by atoms with E-state index < -0.39 is 0 Å². The van der Waals surface area contributed by atoms with Crippen molar-refractivity contribution < 1.29 is 18.5 Å². The van der Waals surface area contributed by atoms with Crippen molar-refractivity contribution >= 4 is 5.91 Å². The third-order valence-corrected chi connectivity index (χ3v) is 3.89. The van der Waals surface area contributed by atoms with Crippen LogP contribution in [0.4, 0.5) is 0 Å². The quantitative estimate of drug-likeness (QED) is 0.765. The molecule has 1 N–H and O–H groups in total. The summed E-state index contributed by atoms with van der Waals surface area (Å²) in [5.41, 5.74) is 2.52. The van der Waals surface area contributed by atoms with E-state index in [1.54, 1.807) is 18.2 Å². The van der Waals surface area contributed by atoms with Crippen LogP contribution in [-0.2, 0) is 24.3 Å². The van der Waals surface area contributed by atoms with Gasteiger partial charge >= 0.3 is 0 Å². The molecule has 3 aromatic heterocycles. The molecule has 0 radical (unpaired) electrons. The highest BCUT2D eigenvalue weighted by molar-refractivity contribution is 5.92. The van der Waals surface area contributed by atoms with E-state index in [1.807, 2.05) is 10.9 Å². The lowest BCUT2D eigenvalue weighted by Crippen LogP contribution is -2.28. The van der Waals surface area contributed by atoms with E-state index in [2.05, 4.69) is 15.6 Å². The summed E-state index contributed by atoms with van der Waals surface area (Å²) in [7, 11) is 0. The number of nitrogens with zero attached hydrogens (tertiary/aromatic N) is 3. The molecule has 0 saturated heterocycles. The van der Waals surface area contributed by atoms with Crippen molar-refractivity contribution in [2.24, 2.45) is 0 Å². The molecular formula is C16H16N4O4. The van der Waals surface area contributed by atoms with Crippen molar-refractivity contribution in [3.63, 3.8) is 0 Å². The van der Waals surface area contributed by atoms with Crippen molar-refractivity contribution in [2.45, 2.75) is 19.6 Å². The molecule has 4 heterocycles. The molecule has 0 fully saturated rings. The number of rotatable bonds is 5. The minimum atomic E-state index is -0.291. The summed E-state index contributed by atoms with van der Waals surface area (Å²) in [5, 5.41) is 10.9. The number of furan rings is 1. The standard InChI is InChI=1S/C16H16N4O4/c21-16(12-8-15(24-19-12)14-2-1-6-23-14)17-4-5-20-13-3-7-22-10-11(13)9-18-20/h1-2,6,8-9H,3-5,7,10H2,(H,17,21). The number of hydrogen-bond donors (Lipinski definition) is 1. The SMILES string of the molecule is O=C(NCCn1ncc2c1CCOC2)c1cc(-c2ccco2)on1. The van der Waals surface area contributed by atoms with Crippen molar-refractivity contribution in [3.05, 3.63) is 47.6 Å². The van der Waals surface area contributed by atoms with E-state index in [4.69, 9.17) is 13.7 Å². The molecule has 0 aliphatic carbocycles. The molecule has 124 valence electrons. The first-order valence-electron chi connectivity index (χ1n) is 7.71. The number of ether oxygens (including phenoxy) is 1. The number of aromatic nitrogens is 3. The van der Waals surface area contributed by atoms with Crippen LogP contribution < -0.4 is 5.32 Å². The lowest BCUT2D eigenvalue weighted by molar-refractivity contribution is 0.0941. The second kappa shape index (κ2) is 6.32. The minimum Gasteiger partial charge on any atom is -0.461 e. The van der Waals surface area contributed by atoms with E-state index in [1.165, 1.54) is 12.0 Å². The first-order chi connectivity index (χ1) is 11.8. The number of carbonyl (C=O) groups excluding carboxylic acids is 1. The molecule has 24 heavy (non-hydrogen) atoms. The number of fused-ring (bicyclic) bond motifs is 1. The van der Waals surface area contributed by atoms with Crippen molar-refractivity contribution in [3.8, 4) is 11.5 Å². The predicted molar refractivity (Wildman–Crippen MR) is 82.1 cm³/mol. The normalized spacial score (nSPS) is 13.7. The Hall–Kier alpha value is -2.87. The van der Waals surface area contributed by atoms with Crippen LogP contribution in [0.1, 0.15) is 21.7 Å². The highest BCUT2D eigenvalue weighted by atomic mass is 16.5. The minimum absolute atomic E-state index is 0.220. The molecule has 8 heteroatoms. The van der Waals surface area contributed by atoms with Gasteiger partial charge in [0.05, 0.1) is 32.2 Å². The Bertz CT molecular complexity index is 834. The molecule has 0 saturated carbocycles. The Morgan fingerprint density at radius 1 is 1.38 bits per heavy atom. The van der Waals surface area contributed by atoms with Crippen LogP contribution in [-0.4, -0.2) is 34.0 Å². The van der Waals surface area contributed by atoms with Crippen molar-refractivity contribution in [1.82, 2.24) is 20.3 Å². The number of nitrogens with one attached hydrogen (secondary N) is 1. The van der Waals surface area contributed by atoms with Gasteiger partial charge in [-0.05, 0) is 12.1 Å². The average molecular weight is 328 g/mol. The van der Waals surface area contributed by atoms with Crippen LogP contribution in [0.3, 0.4) is 0 Å². The monoisotopic (exact) mass is 328 g/mol. The Kier molecular flexibility index (Phi) is 3.87. The predicted octanol–water partition coefficient (Wildman–Crippen LogP) is 1.63. The molecule has 0 unspecified atom stereocenters. The summed E-state index contributed by atoms with van der Waals surface area (Å²) in [4.78, 5) is 12.1. The van der Waals surface area contributed by atoms with Crippen LogP contribution in [0.15, 0.2) is 39.6 Å². The highest BCUT2D eigenvalue weighted by Gasteiger charge is 2.17. The van der Waals surface area contributed by atoms with Gasteiger partial charge in [-0.3, -0.25) is 9.48 Å². The van der Waals surface area contributed by atoms with Crippen LogP contribution in [0, 0.1) is 0 Å². The van der Waals surface area contributed by atoms with Crippen LogP contribution in [0.2, 0.25) is 0 Å². The summed E-state index contributed by atoms with van der Waals surface area (Å²) < 4.78 is 17.6. The lowest BCUT2D eigenvalue weighted by Gasteiger charge is -2.14. The molecule has 1 aliphatic rings. The number of hydrogen-bond acceptors (Lipinski definition) is 6. The summed E-state index contributed by atoms with van der Waals surface area (Å²) >= 11 is 0. The maximum absolute atomic E-state index is 12.1. The van der Waals surface area contributed by atoms with E-state index in [-0.39, 0.29) is 11.6 Å². The molecular weight excluding hydrogens is 312 g/mol. The molecule has 0 aromatic carbocycles. The van der Waals surface area contributed by atoms with Crippen LogP contribution >= 0.6 is 0 Å². The first-order valence-corrected chi connectivity index (χ1v) is 7.71. The third kappa shape index (κ3) is 2.83. The highest BCUT2D eigenvalue weighted by Crippen LogP contribution is 2.20. The first kappa shape index (κ1) is 14.7. The summed E-state index contributed by atoms with van der Waals surface area (Å²) in [6.07, 6.45) is 4.20. The Labute approximate surface area is 137 Å². The zero-order valence-corrected chi connectivity index (χ0v) is 12.9. The Morgan fingerprint density at radius 3 is 3.21 bits per heavy atom. The second-order valence-electron chi connectivity index (χ2n) is 5.45. The topological polar surface area (TPSA) is 95.3 Å². The van der Waals surface area contributed by atoms with E-state index in [9.17, 15) is 4.79 Å². The van der Waals surface area contributed by atoms with Gasteiger partial charge in [0.2, 0.25) is 5.76 Å². The Morgan fingerprint density at radius 2 is 2.33 bits per heavy atom. The summed E-state index contributed by atoms with van der Waals surface area (Å²) in [5.74, 6) is 0.666. The number of amides is 1. The van der Waals surface area contributed by atoms with Crippen LogP contribution in [0.5, 0.6) is 0 Å². The van der Waals surface area contributed by atoms with Gasteiger partial charge in [0, 0.05) is 30.3 Å². The molecule has 1 amide bonds. The molecule has 4 rings (SSSR count). The van der Waals surface area contributed by atoms with Gasteiger partial charge in [-0.1, -0.05) is 5.16 Å². The smallest absolute Gasteiger partial charge is 0.273 e. The molecule has 1 aliphatic heterocycles. The second-order valence-corrected chi connectivity index (χ2v) is 5.45. The van der Waals surface area contributed by atoms with Gasteiger partial charge in [-0.25, -0.2) is 0 Å². The summed E-state index contributed by atoms with van der Waals surface area (Å²) in [6, 6.07) is 5.04. The van der Waals surface area contributed by atoms with Gasteiger partial charge in [-0.2, -0.15) is 5.10 Å². The van der Waals surface area contributed by atoms with Crippen LogP contribution in [0.25, 0.3) is 11.5 Å². The Balaban J connectivity index is 1.35. The average Bonchev–Trinajstić information content (AvgIpc) is 3.35. The maximum Gasteiger partial charge on any atom is 0.273 e. The molecule has 8 nitrogen and oxygen atoms in total. The zero-order valence-electron chi connectivity index (χ0n) is 12.9. The van der Waals surface area contributed by atoms with Gasteiger partial charge < -0.3 is 19.0 Å². The number of carbonyl (C=O) groups is 1. The fourth-order valence-corrected chi connectivity index (χ4v) is 2.69.